The van der Waals surface area contributed by atoms with Gasteiger partial charge < -0.3 is 5.11 Å². The predicted octanol–water partition coefficient (Wildman–Crippen LogP) is 3.72. The number of rotatable bonds is 3. The molecule has 0 radical (unpaired) electrons. The van der Waals surface area contributed by atoms with Crippen LogP contribution >= 0.6 is 15.9 Å². The zero-order chi connectivity index (χ0) is 12.3. The Morgan fingerprint density at radius 3 is 2.71 bits per heavy atom. The van der Waals surface area contributed by atoms with Gasteiger partial charge in [0.15, 0.2) is 0 Å². The third-order valence-electron chi connectivity index (χ3n) is 3.91. The lowest BCUT2D eigenvalue weighted by molar-refractivity contribution is -0.00928. The van der Waals surface area contributed by atoms with Crippen molar-refractivity contribution in [2.45, 2.75) is 51.0 Å². The Bertz CT molecular complexity index is 372. The Balaban J connectivity index is 1.99. The normalized spacial score (nSPS) is 29.2. The van der Waals surface area contributed by atoms with E-state index in [9.17, 15) is 5.11 Å². The van der Waals surface area contributed by atoms with Gasteiger partial charge in [-0.05, 0) is 59.2 Å². The zero-order valence-corrected chi connectivity index (χ0v) is 11.9. The fraction of sp³-hybridized carbons (Fsp3) is 0.643. The molecule has 0 aromatic carbocycles. The van der Waals surface area contributed by atoms with Crippen molar-refractivity contribution in [2.24, 2.45) is 5.92 Å². The van der Waals surface area contributed by atoms with E-state index in [0.717, 1.165) is 48.1 Å². The number of pyridine rings is 1. The fourth-order valence-corrected chi connectivity index (χ4v) is 3.14. The highest BCUT2D eigenvalue weighted by atomic mass is 79.9. The SMILES string of the molecule is CCC1CCC(O)(Cc2cncc(Br)c2)CC1. The van der Waals surface area contributed by atoms with E-state index in [0.29, 0.717) is 0 Å². The molecule has 0 aliphatic heterocycles. The van der Waals surface area contributed by atoms with E-state index in [1.807, 2.05) is 6.20 Å². The molecule has 0 amide bonds. The summed E-state index contributed by atoms with van der Waals surface area (Å²) in [6.07, 6.45) is 9.79. The zero-order valence-electron chi connectivity index (χ0n) is 10.3. The molecule has 0 saturated heterocycles. The quantitative estimate of drug-likeness (QED) is 0.922. The van der Waals surface area contributed by atoms with Crippen LogP contribution in [-0.4, -0.2) is 15.7 Å². The van der Waals surface area contributed by atoms with Crippen LogP contribution in [0.5, 0.6) is 0 Å². The van der Waals surface area contributed by atoms with Crippen molar-refractivity contribution in [3.8, 4) is 0 Å². The molecule has 0 unspecified atom stereocenters. The summed E-state index contributed by atoms with van der Waals surface area (Å²) in [5.41, 5.74) is 0.616. The van der Waals surface area contributed by atoms with E-state index in [-0.39, 0.29) is 0 Å². The van der Waals surface area contributed by atoms with Gasteiger partial charge >= 0.3 is 0 Å². The van der Waals surface area contributed by atoms with Crippen LogP contribution in [0.3, 0.4) is 0 Å². The van der Waals surface area contributed by atoms with Crippen LogP contribution in [0.1, 0.15) is 44.6 Å². The molecule has 1 saturated carbocycles. The van der Waals surface area contributed by atoms with Gasteiger partial charge in [-0.3, -0.25) is 4.98 Å². The molecule has 0 atom stereocenters. The van der Waals surface area contributed by atoms with Crippen LogP contribution in [0.2, 0.25) is 0 Å². The summed E-state index contributed by atoms with van der Waals surface area (Å²) in [6, 6.07) is 2.05. The van der Waals surface area contributed by atoms with Gasteiger partial charge in [-0.1, -0.05) is 13.3 Å². The van der Waals surface area contributed by atoms with E-state index < -0.39 is 5.60 Å². The molecule has 3 heteroatoms. The van der Waals surface area contributed by atoms with Gasteiger partial charge in [0, 0.05) is 23.3 Å². The average molecular weight is 298 g/mol. The maximum atomic E-state index is 10.6. The second-order valence-electron chi connectivity index (χ2n) is 5.26. The average Bonchev–Trinajstić information content (AvgIpc) is 2.29. The third kappa shape index (κ3) is 3.52. The second kappa shape index (κ2) is 5.49. The van der Waals surface area contributed by atoms with Gasteiger partial charge in [0.05, 0.1) is 5.60 Å². The molecule has 1 aromatic heterocycles. The second-order valence-corrected chi connectivity index (χ2v) is 6.18. The van der Waals surface area contributed by atoms with Crippen LogP contribution in [0.4, 0.5) is 0 Å². The standard InChI is InChI=1S/C14H20BrNO/c1-2-11-3-5-14(17,6-4-11)8-12-7-13(15)10-16-9-12/h7,9-11,17H,2-6,8H2,1H3. The van der Waals surface area contributed by atoms with Gasteiger partial charge in [0.2, 0.25) is 0 Å². The highest BCUT2D eigenvalue weighted by molar-refractivity contribution is 9.10. The maximum Gasteiger partial charge on any atom is 0.0688 e. The molecule has 1 fully saturated rings. The highest BCUT2D eigenvalue weighted by Gasteiger charge is 2.32. The Kier molecular flexibility index (Phi) is 4.21. The molecular formula is C14H20BrNO. The van der Waals surface area contributed by atoms with Crippen molar-refractivity contribution in [1.29, 1.82) is 0 Å². The van der Waals surface area contributed by atoms with Crippen molar-refractivity contribution < 1.29 is 5.11 Å². The summed E-state index contributed by atoms with van der Waals surface area (Å²) in [4.78, 5) is 4.15. The first-order chi connectivity index (χ1) is 8.11. The fourth-order valence-electron chi connectivity index (χ4n) is 2.73. The van der Waals surface area contributed by atoms with E-state index in [1.54, 1.807) is 6.20 Å². The molecule has 2 rings (SSSR count). The lowest BCUT2D eigenvalue weighted by atomic mass is 9.75. The van der Waals surface area contributed by atoms with Gasteiger partial charge in [-0.25, -0.2) is 0 Å². The largest absolute Gasteiger partial charge is 0.390 e. The molecule has 1 aliphatic rings. The predicted molar refractivity (Wildman–Crippen MR) is 72.8 cm³/mol. The Labute approximate surface area is 112 Å². The minimum atomic E-state index is -0.506. The topological polar surface area (TPSA) is 33.1 Å². The minimum Gasteiger partial charge on any atom is -0.390 e. The van der Waals surface area contributed by atoms with Crippen molar-refractivity contribution in [2.75, 3.05) is 0 Å². The van der Waals surface area contributed by atoms with Crippen LogP contribution in [0.15, 0.2) is 22.9 Å². The summed E-state index contributed by atoms with van der Waals surface area (Å²) in [7, 11) is 0. The molecule has 1 N–H and O–H groups in total. The summed E-state index contributed by atoms with van der Waals surface area (Å²) >= 11 is 3.42. The van der Waals surface area contributed by atoms with Crippen molar-refractivity contribution in [1.82, 2.24) is 4.98 Å². The minimum absolute atomic E-state index is 0.506. The van der Waals surface area contributed by atoms with Crippen LogP contribution < -0.4 is 0 Å². The Hall–Kier alpha value is -0.410. The molecule has 0 bridgehead atoms. The van der Waals surface area contributed by atoms with Gasteiger partial charge in [0.25, 0.3) is 0 Å². The first-order valence-electron chi connectivity index (χ1n) is 6.43. The van der Waals surface area contributed by atoms with Crippen molar-refractivity contribution >= 4 is 15.9 Å². The maximum absolute atomic E-state index is 10.6. The van der Waals surface area contributed by atoms with Crippen molar-refractivity contribution in [3.63, 3.8) is 0 Å². The van der Waals surface area contributed by atoms with Gasteiger partial charge in [0.1, 0.15) is 0 Å². The molecule has 2 nitrogen and oxygen atoms in total. The number of hydrogen-bond donors (Lipinski definition) is 1. The van der Waals surface area contributed by atoms with Crippen molar-refractivity contribution in [3.05, 3.63) is 28.5 Å². The number of aromatic nitrogens is 1. The molecule has 1 aliphatic carbocycles. The van der Waals surface area contributed by atoms with E-state index in [1.165, 1.54) is 6.42 Å². The highest BCUT2D eigenvalue weighted by Crippen LogP contribution is 2.35. The molecule has 0 spiro atoms. The van der Waals surface area contributed by atoms with Crippen LogP contribution in [0.25, 0.3) is 0 Å². The first kappa shape index (κ1) is 13.0. The molecular weight excluding hydrogens is 278 g/mol. The number of halogens is 1. The van der Waals surface area contributed by atoms with Gasteiger partial charge in [-0.15, -0.1) is 0 Å². The van der Waals surface area contributed by atoms with E-state index in [2.05, 4.69) is 33.9 Å². The third-order valence-corrected chi connectivity index (χ3v) is 4.34. The Morgan fingerprint density at radius 2 is 2.12 bits per heavy atom. The molecule has 1 heterocycles. The summed E-state index contributed by atoms with van der Waals surface area (Å²) in [5.74, 6) is 0.816. The van der Waals surface area contributed by atoms with Gasteiger partial charge in [-0.2, -0.15) is 0 Å². The molecule has 1 aromatic rings. The number of nitrogens with zero attached hydrogens (tertiary/aromatic N) is 1. The lowest BCUT2D eigenvalue weighted by Crippen LogP contribution is -2.36. The van der Waals surface area contributed by atoms with E-state index >= 15 is 0 Å². The summed E-state index contributed by atoms with van der Waals surface area (Å²) < 4.78 is 0.987. The van der Waals surface area contributed by atoms with Crippen LogP contribution in [0, 0.1) is 5.92 Å². The molecule has 17 heavy (non-hydrogen) atoms. The monoisotopic (exact) mass is 297 g/mol. The summed E-state index contributed by atoms with van der Waals surface area (Å²) in [6.45, 7) is 2.24. The van der Waals surface area contributed by atoms with E-state index in [4.69, 9.17) is 0 Å². The lowest BCUT2D eigenvalue weighted by Gasteiger charge is -2.35. The first-order valence-corrected chi connectivity index (χ1v) is 7.22. The molecule has 94 valence electrons. The number of hydrogen-bond acceptors (Lipinski definition) is 2. The summed E-state index contributed by atoms with van der Waals surface area (Å²) in [5, 5.41) is 10.6. The smallest absolute Gasteiger partial charge is 0.0688 e. The Morgan fingerprint density at radius 1 is 1.41 bits per heavy atom. The number of aliphatic hydroxyl groups is 1. The van der Waals surface area contributed by atoms with Crippen LogP contribution in [-0.2, 0) is 6.42 Å².